The largest absolute Gasteiger partial charge is 0.439 e. The fourth-order valence-corrected chi connectivity index (χ4v) is 2.73. The fourth-order valence-electron chi connectivity index (χ4n) is 2.13. The Labute approximate surface area is 189 Å². The molecule has 0 aliphatic carbocycles. The predicted molar refractivity (Wildman–Crippen MR) is 103 cm³/mol. The first-order valence-electron chi connectivity index (χ1n) is 7.96. The quantitative estimate of drug-likeness (QED) is 0.356. The van der Waals surface area contributed by atoms with E-state index < -0.39 is 62.5 Å². The first-order valence-corrected chi connectivity index (χ1v) is 9.13. The zero-order valence-corrected chi connectivity index (χ0v) is 17.3. The predicted octanol–water partition coefficient (Wildman–Crippen LogP) is 6.27. The number of amides is 1. The van der Waals surface area contributed by atoms with Gasteiger partial charge in [-0.3, -0.25) is 10.1 Å². The molecule has 174 valence electrons. The maximum Gasteiger partial charge on any atom is 0.439 e. The third-order valence-corrected chi connectivity index (χ3v) is 4.33. The number of alkyl halides is 6. The van der Waals surface area contributed by atoms with Gasteiger partial charge in [0.1, 0.15) is 22.9 Å². The number of ether oxygens (including phenoxy) is 1. The molecule has 2 aromatic carbocycles. The third-order valence-electron chi connectivity index (χ3n) is 3.52. The molecule has 0 radical (unpaired) electrons. The molecular formula is C17H8Cl2F8N2O2S. The summed E-state index contributed by atoms with van der Waals surface area (Å²) in [6.07, 6.45) is -15.9. The average Bonchev–Trinajstić information content (AvgIpc) is 2.64. The summed E-state index contributed by atoms with van der Waals surface area (Å²) in [7, 11) is 0. The summed E-state index contributed by atoms with van der Waals surface area (Å²) in [5.41, 5.74) is -1.21. The summed E-state index contributed by atoms with van der Waals surface area (Å²) in [5.74, 6) is -4.73. The van der Waals surface area contributed by atoms with Gasteiger partial charge in [-0.1, -0.05) is 29.3 Å². The van der Waals surface area contributed by atoms with Gasteiger partial charge in [-0.25, -0.2) is 13.2 Å². The van der Waals surface area contributed by atoms with Crippen LogP contribution in [-0.4, -0.2) is 29.5 Å². The van der Waals surface area contributed by atoms with Gasteiger partial charge in [0.05, 0.1) is 15.7 Å². The average molecular weight is 527 g/mol. The normalized spacial score (nSPS) is 12.8. The molecule has 2 aromatic rings. The molecule has 0 aliphatic rings. The molecule has 0 fully saturated rings. The van der Waals surface area contributed by atoms with Crippen molar-refractivity contribution in [1.29, 1.82) is 0 Å². The topological polar surface area (TPSA) is 50.4 Å². The second-order valence-corrected chi connectivity index (χ2v) is 7.06. The Morgan fingerprint density at radius 2 is 1.59 bits per heavy atom. The highest BCUT2D eigenvalue weighted by molar-refractivity contribution is 7.80. The summed E-state index contributed by atoms with van der Waals surface area (Å²) in [5, 5.41) is 2.40. The molecule has 0 saturated carbocycles. The zero-order valence-electron chi connectivity index (χ0n) is 15.0. The van der Waals surface area contributed by atoms with Crippen LogP contribution in [0.1, 0.15) is 10.4 Å². The lowest BCUT2D eigenvalue weighted by atomic mass is 10.2. The van der Waals surface area contributed by atoms with E-state index in [-0.39, 0.29) is 5.69 Å². The molecule has 0 bridgehead atoms. The van der Waals surface area contributed by atoms with E-state index in [2.05, 4.69) is 10.1 Å². The van der Waals surface area contributed by atoms with Gasteiger partial charge in [0, 0.05) is 6.07 Å². The number of hydrogen-bond donors (Lipinski definition) is 2. The molecule has 1 amide bonds. The van der Waals surface area contributed by atoms with Crippen LogP contribution < -0.4 is 15.4 Å². The number of benzene rings is 2. The molecule has 2 N–H and O–H groups in total. The Morgan fingerprint density at radius 1 is 1.03 bits per heavy atom. The van der Waals surface area contributed by atoms with Gasteiger partial charge in [-0.05, 0) is 30.4 Å². The maximum absolute atomic E-state index is 13.6. The Kier molecular flexibility index (Phi) is 7.79. The van der Waals surface area contributed by atoms with Crippen molar-refractivity contribution in [2.45, 2.75) is 18.5 Å². The van der Waals surface area contributed by atoms with Gasteiger partial charge in [-0.15, -0.1) is 0 Å². The second-order valence-electron chi connectivity index (χ2n) is 5.84. The SMILES string of the molecule is O=C(NC(=S)Nc1cc(Cl)c(OC(F)(F)C(F)C(F)(F)F)cc1Cl)c1c(F)cccc1F. The number of carbonyl (C=O) groups is 1. The van der Waals surface area contributed by atoms with E-state index in [9.17, 15) is 39.9 Å². The lowest BCUT2D eigenvalue weighted by molar-refractivity contribution is -0.304. The molecule has 0 spiro atoms. The maximum atomic E-state index is 13.6. The first-order chi connectivity index (χ1) is 14.6. The summed E-state index contributed by atoms with van der Waals surface area (Å²) < 4.78 is 107. The Morgan fingerprint density at radius 3 is 2.12 bits per heavy atom. The van der Waals surface area contributed by atoms with Crippen molar-refractivity contribution in [3.05, 3.63) is 57.6 Å². The molecule has 0 aliphatic heterocycles. The van der Waals surface area contributed by atoms with Crippen molar-refractivity contribution >= 4 is 52.1 Å². The molecule has 1 unspecified atom stereocenters. The number of rotatable bonds is 5. The van der Waals surface area contributed by atoms with Gasteiger partial charge in [-0.2, -0.15) is 22.0 Å². The van der Waals surface area contributed by atoms with Crippen molar-refractivity contribution in [2.24, 2.45) is 0 Å². The van der Waals surface area contributed by atoms with Gasteiger partial charge >= 0.3 is 12.3 Å². The molecule has 32 heavy (non-hydrogen) atoms. The number of nitrogens with one attached hydrogen (secondary N) is 2. The lowest BCUT2D eigenvalue weighted by Gasteiger charge is -2.24. The molecule has 0 aromatic heterocycles. The van der Waals surface area contributed by atoms with Crippen molar-refractivity contribution < 1.29 is 44.7 Å². The van der Waals surface area contributed by atoms with E-state index >= 15 is 0 Å². The third kappa shape index (κ3) is 6.11. The zero-order chi connectivity index (χ0) is 24.4. The highest BCUT2D eigenvalue weighted by Crippen LogP contribution is 2.41. The molecule has 4 nitrogen and oxygen atoms in total. The summed E-state index contributed by atoms with van der Waals surface area (Å²) >= 11 is 16.2. The molecule has 0 saturated heterocycles. The van der Waals surface area contributed by atoms with Crippen molar-refractivity contribution in [3.63, 3.8) is 0 Å². The van der Waals surface area contributed by atoms with Crippen LogP contribution in [0.15, 0.2) is 30.3 Å². The Balaban J connectivity index is 2.16. The van der Waals surface area contributed by atoms with Crippen LogP contribution in [0.5, 0.6) is 5.75 Å². The van der Waals surface area contributed by atoms with Crippen LogP contribution in [0.3, 0.4) is 0 Å². The number of halogens is 10. The van der Waals surface area contributed by atoms with Gasteiger partial charge in [0.2, 0.25) is 0 Å². The van der Waals surface area contributed by atoms with E-state index in [1.165, 1.54) is 0 Å². The van der Waals surface area contributed by atoms with Crippen LogP contribution in [-0.2, 0) is 0 Å². The summed E-state index contributed by atoms with van der Waals surface area (Å²) in [6, 6.07) is 3.95. The molecule has 1 atom stereocenters. The highest BCUT2D eigenvalue weighted by atomic mass is 35.5. The van der Waals surface area contributed by atoms with Crippen molar-refractivity contribution in [1.82, 2.24) is 5.32 Å². The van der Waals surface area contributed by atoms with Crippen LogP contribution >= 0.6 is 35.4 Å². The van der Waals surface area contributed by atoms with E-state index in [0.29, 0.717) is 6.07 Å². The van der Waals surface area contributed by atoms with Gasteiger partial charge in [0.25, 0.3) is 12.1 Å². The highest BCUT2D eigenvalue weighted by Gasteiger charge is 2.59. The standard InChI is InChI=1S/C17H8Cl2F8N2O2S/c18-6-5-11(31-17(26,27)14(22)16(23,24)25)7(19)4-10(6)28-15(32)29-13(30)12-8(20)2-1-3-9(12)21/h1-5,14H,(H2,28,29,30,32). The van der Waals surface area contributed by atoms with Crippen LogP contribution in [0.4, 0.5) is 40.8 Å². The van der Waals surface area contributed by atoms with E-state index in [4.69, 9.17) is 35.4 Å². The van der Waals surface area contributed by atoms with E-state index in [1.807, 2.05) is 5.32 Å². The molecule has 15 heteroatoms. The minimum atomic E-state index is -5.91. The lowest BCUT2D eigenvalue weighted by Crippen LogP contribution is -2.45. The minimum absolute atomic E-state index is 0.265. The number of thiocarbonyl (C=S) groups is 1. The smallest absolute Gasteiger partial charge is 0.428 e. The number of anilines is 1. The van der Waals surface area contributed by atoms with Crippen LogP contribution in [0, 0.1) is 11.6 Å². The fraction of sp³-hybridized carbons (Fsp3) is 0.176. The van der Waals surface area contributed by atoms with E-state index in [1.54, 1.807) is 0 Å². The van der Waals surface area contributed by atoms with Gasteiger partial charge < -0.3 is 10.1 Å². The van der Waals surface area contributed by atoms with Crippen molar-refractivity contribution in [3.8, 4) is 5.75 Å². The van der Waals surface area contributed by atoms with E-state index in [0.717, 1.165) is 24.3 Å². The Bertz CT molecular complexity index is 1030. The first kappa shape index (κ1) is 25.9. The second kappa shape index (κ2) is 9.63. The van der Waals surface area contributed by atoms with Crippen LogP contribution in [0.25, 0.3) is 0 Å². The van der Waals surface area contributed by atoms with Crippen molar-refractivity contribution in [2.75, 3.05) is 5.32 Å². The summed E-state index contributed by atoms with van der Waals surface area (Å²) in [6.45, 7) is 0. The summed E-state index contributed by atoms with van der Waals surface area (Å²) in [4.78, 5) is 12.0. The van der Waals surface area contributed by atoms with Gasteiger partial charge in [0.15, 0.2) is 5.11 Å². The minimum Gasteiger partial charge on any atom is -0.428 e. The van der Waals surface area contributed by atoms with Crippen LogP contribution in [0.2, 0.25) is 10.0 Å². The number of hydrogen-bond acceptors (Lipinski definition) is 3. The number of carbonyl (C=O) groups excluding carboxylic acids is 1. The Hall–Kier alpha value is -2.38. The molecule has 0 heterocycles. The molecule has 2 rings (SSSR count). The monoisotopic (exact) mass is 526 g/mol. The molecular weight excluding hydrogens is 519 g/mol.